The van der Waals surface area contributed by atoms with Crippen LogP contribution >= 0.6 is 0 Å². The molecule has 0 unspecified atom stereocenters. The van der Waals surface area contributed by atoms with Crippen LogP contribution in [0.15, 0.2) is 48.5 Å². The number of aryl methyl sites for hydroxylation is 1. The lowest BCUT2D eigenvalue weighted by molar-refractivity contribution is 0.0915. The number of rotatable bonds is 5. The van der Waals surface area contributed by atoms with Crippen LogP contribution < -0.4 is 10.2 Å². The Balaban J connectivity index is 1.96. The summed E-state index contributed by atoms with van der Waals surface area (Å²) < 4.78 is 0. The smallest absolute Gasteiger partial charge is 0.251 e. The van der Waals surface area contributed by atoms with Gasteiger partial charge in [0.2, 0.25) is 0 Å². The predicted octanol–water partition coefficient (Wildman–Crippen LogP) is 2.52. The van der Waals surface area contributed by atoms with Gasteiger partial charge in [-0.3, -0.25) is 4.79 Å². The molecule has 0 aliphatic heterocycles. The lowest BCUT2D eigenvalue weighted by atomic mass is 10.1. The number of amides is 1. The number of carbonyl (C=O) groups excluding carboxylic acids is 1. The molecular weight excluding hydrogens is 276 g/mol. The quantitative estimate of drug-likeness (QED) is 0.892. The highest BCUT2D eigenvalue weighted by molar-refractivity contribution is 5.95. The first-order valence-corrected chi connectivity index (χ1v) is 7.28. The van der Waals surface area contributed by atoms with Crippen LogP contribution in [-0.2, 0) is 0 Å². The van der Waals surface area contributed by atoms with Gasteiger partial charge in [-0.15, -0.1) is 0 Å². The molecule has 0 heterocycles. The van der Waals surface area contributed by atoms with E-state index in [1.54, 1.807) is 6.07 Å². The number of anilines is 1. The van der Waals surface area contributed by atoms with E-state index in [0.29, 0.717) is 5.56 Å². The summed E-state index contributed by atoms with van der Waals surface area (Å²) in [7, 11) is 3.93. The molecule has 2 aromatic carbocycles. The summed E-state index contributed by atoms with van der Waals surface area (Å²) in [6.07, 6.45) is -0.718. The van der Waals surface area contributed by atoms with E-state index in [4.69, 9.17) is 0 Å². The normalized spacial score (nSPS) is 11.8. The molecule has 0 spiro atoms. The summed E-state index contributed by atoms with van der Waals surface area (Å²) in [5, 5.41) is 13.0. The summed E-state index contributed by atoms with van der Waals surface area (Å²) >= 11 is 0. The number of benzene rings is 2. The number of nitrogens with zero attached hydrogens (tertiary/aromatic N) is 1. The van der Waals surface area contributed by atoms with Gasteiger partial charge in [-0.2, -0.15) is 0 Å². The molecule has 4 nitrogen and oxygen atoms in total. The summed E-state index contributed by atoms with van der Waals surface area (Å²) in [5.41, 5.74) is 3.41. The Morgan fingerprint density at radius 3 is 2.36 bits per heavy atom. The molecule has 0 saturated heterocycles. The maximum atomic E-state index is 12.1. The topological polar surface area (TPSA) is 52.6 Å². The Kier molecular flexibility index (Phi) is 5.17. The summed E-state index contributed by atoms with van der Waals surface area (Å²) in [6.45, 7) is 2.08. The summed E-state index contributed by atoms with van der Waals surface area (Å²) in [5.74, 6) is -0.165. The fourth-order valence-electron chi connectivity index (χ4n) is 2.22. The molecule has 2 N–H and O–H groups in total. The average Bonchev–Trinajstić information content (AvgIpc) is 2.52. The van der Waals surface area contributed by atoms with Gasteiger partial charge in [0.1, 0.15) is 0 Å². The van der Waals surface area contributed by atoms with Crippen LogP contribution in [0.5, 0.6) is 0 Å². The number of nitrogens with one attached hydrogen (secondary N) is 1. The molecule has 2 aromatic rings. The Bertz CT molecular complexity index is 636. The van der Waals surface area contributed by atoms with Crippen molar-refractivity contribution in [2.45, 2.75) is 13.0 Å². The molecular formula is C18H22N2O2. The van der Waals surface area contributed by atoms with Gasteiger partial charge in [0.05, 0.1) is 6.10 Å². The van der Waals surface area contributed by atoms with E-state index in [-0.39, 0.29) is 12.5 Å². The van der Waals surface area contributed by atoms with Gasteiger partial charge in [-0.1, -0.05) is 30.3 Å². The van der Waals surface area contributed by atoms with Crippen molar-refractivity contribution in [3.63, 3.8) is 0 Å². The van der Waals surface area contributed by atoms with E-state index in [1.165, 1.54) is 0 Å². The Morgan fingerprint density at radius 1 is 1.14 bits per heavy atom. The van der Waals surface area contributed by atoms with Crippen LogP contribution in [0, 0.1) is 6.92 Å². The van der Waals surface area contributed by atoms with E-state index >= 15 is 0 Å². The van der Waals surface area contributed by atoms with Gasteiger partial charge in [0, 0.05) is 31.9 Å². The van der Waals surface area contributed by atoms with Crippen molar-refractivity contribution in [2.24, 2.45) is 0 Å². The zero-order chi connectivity index (χ0) is 16.1. The minimum atomic E-state index is -0.718. The minimum absolute atomic E-state index is 0.165. The molecule has 0 aromatic heterocycles. The molecule has 0 saturated carbocycles. The maximum absolute atomic E-state index is 12.1. The second kappa shape index (κ2) is 7.09. The fraction of sp³-hybridized carbons (Fsp3) is 0.278. The molecule has 0 aliphatic rings. The monoisotopic (exact) mass is 298 g/mol. The van der Waals surface area contributed by atoms with Crippen molar-refractivity contribution in [3.05, 3.63) is 65.2 Å². The molecule has 0 fully saturated rings. The van der Waals surface area contributed by atoms with E-state index < -0.39 is 6.10 Å². The van der Waals surface area contributed by atoms with Crippen LogP contribution in [0.4, 0.5) is 5.69 Å². The molecule has 0 bridgehead atoms. The lowest BCUT2D eigenvalue weighted by Crippen LogP contribution is -2.28. The van der Waals surface area contributed by atoms with Crippen molar-refractivity contribution in [1.82, 2.24) is 5.32 Å². The standard InChI is InChI=1S/C18H22N2O2/c1-13-6-4-5-7-16(13)18(22)19-12-17(21)14-8-10-15(11-9-14)20(2)3/h4-11,17,21H,12H2,1-3H3,(H,19,22)/t17-/m1/s1. The molecule has 1 atom stereocenters. The molecule has 0 radical (unpaired) electrons. The average molecular weight is 298 g/mol. The number of hydrogen-bond donors (Lipinski definition) is 2. The Morgan fingerprint density at radius 2 is 1.77 bits per heavy atom. The van der Waals surface area contributed by atoms with E-state index in [9.17, 15) is 9.90 Å². The summed E-state index contributed by atoms with van der Waals surface area (Å²) in [4.78, 5) is 14.1. The van der Waals surface area contributed by atoms with E-state index in [1.807, 2.05) is 68.4 Å². The van der Waals surface area contributed by atoms with E-state index in [2.05, 4.69) is 5.32 Å². The molecule has 1 amide bonds. The molecule has 116 valence electrons. The van der Waals surface area contributed by atoms with Crippen LogP contribution in [0.1, 0.15) is 27.6 Å². The fourth-order valence-corrected chi connectivity index (χ4v) is 2.22. The van der Waals surface area contributed by atoms with Gasteiger partial charge in [0.15, 0.2) is 0 Å². The second-order valence-corrected chi connectivity index (χ2v) is 5.53. The highest BCUT2D eigenvalue weighted by Gasteiger charge is 2.12. The molecule has 4 heteroatoms. The zero-order valence-corrected chi connectivity index (χ0v) is 13.2. The van der Waals surface area contributed by atoms with Crippen LogP contribution in [0.3, 0.4) is 0 Å². The third-order valence-electron chi connectivity index (χ3n) is 3.64. The molecule has 2 rings (SSSR count). The van der Waals surface area contributed by atoms with Crippen molar-refractivity contribution >= 4 is 11.6 Å². The van der Waals surface area contributed by atoms with Crippen molar-refractivity contribution < 1.29 is 9.90 Å². The lowest BCUT2D eigenvalue weighted by Gasteiger charge is -2.16. The van der Waals surface area contributed by atoms with Gasteiger partial charge in [-0.25, -0.2) is 0 Å². The number of carbonyl (C=O) groups is 1. The van der Waals surface area contributed by atoms with Crippen LogP contribution in [0.2, 0.25) is 0 Å². The van der Waals surface area contributed by atoms with Crippen molar-refractivity contribution in [2.75, 3.05) is 25.5 Å². The van der Waals surface area contributed by atoms with Crippen molar-refractivity contribution in [1.29, 1.82) is 0 Å². The Labute approximate surface area is 131 Å². The zero-order valence-electron chi connectivity index (χ0n) is 13.2. The van der Waals surface area contributed by atoms with Crippen LogP contribution in [0.25, 0.3) is 0 Å². The SMILES string of the molecule is Cc1ccccc1C(=O)NC[C@@H](O)c1ccc(N(C)C)cc1. The Hall–Kier alpha value is -2.33. The van der Waals surface area contributed by atoms with Crippen molar-refractivity contribution in [3.8, 4) is 0 Å². The first-order chi connectivity index (χ1) is 10.5. The number of aliphatic hydroxyl groups is 1. The number of hydrogen-bond acceptors (Lipinski definition) is 3. The first-order valence-electron chi connectivity index (χ1n) is 7.28. The van der Waals surface area contributed by atoms with Gasteiger partial charge < -0.3 is 15.3 Å². The predicted molar refractivity (Wildman–Crippen MR) is 89.2 cm³/mol. The summed E-state index contributed by atoms with van der Waals surface area (Å²) in [6, 6.07) is 15.0. The molecule has 22 heavy (non-hydrogen) atoms. The molecule has 0 aliphatic carbocycles. The van der Waals surface area contributed by atoms with Gasteiger partial charge in [0.25, 0.3) is 5.91 Å². The first kappa shape index (κ1) is 16.0. The third kappa shape index (κ3) is 3.86. The number of aliphatic hydroxyl groups excluding tert-OH is 1. The third-order valence-corrected chi connectivity index (χ3v) is 3.64. The second-order valence-electron chi connectivity index (χ2n) is 5.53. The van der Waals surface area contributed by atoms with E-state index in [0.717, 1.165) is 16.8 Å². The van der Waals surface area contributed by atoms with Gasteiger partial charge in [-0.05, 0) is 36.2 Å². The largest absolute Gasteiger partial charge is 0.387 e. The highest BCUT2D eigenvalue weighted by Crippen LogP contribution is 2.17. The maximum Gasteiger partial charge on any atom is 0.251 e. The minimum Gasteiger partial charge on any atom is -0.387 e. The highest BCUT2D eigenvalue weighted by atomic mass is 16.3. The van der Waals surface area contributed by atoms with Gasteiger partial charge >= 0.3 is 0 Å². The van der Waals surface area contributed by atoms with Crippen LogP contribution in [-0.4, -0.2) is 31.7 Å².